The van der Waals surface area contributed by atoms with Crippen molar-refractivity contribution in [3.63, 3.8) is 0 Å². The maximum atomic E-state index is 12.1. The Morgan fingerprint density at radius 2 is 2.00 bits per heavy atom. The number of cyclic esters (lactones) is 1. The largest absolute Gasteiger partial charge is 0.421 e. The molecular formula is C17H24O4. The molecule has 116 valence electrons. The van der Waals surface area contributed by atoms with Crippen LogP contribution in [0.1, 0.15) is 59.8 Å². The maximum absolute atomic E-state index is 12.1. The van der Waals surface area contributed by atoms with E-state index in [0.717, 1.165) is 36.8 Å². The molecule has 3 atom stereocenters. The van der Waals surface area contributed by atoms with Gasteiger partial charge in [0.25, 0.3) is 6.29 Å². The van der Waals surface area contributed by atoms with Crippen LogP contribution in [-0.4, -0.2) is 18.2 Å². The summed E-state index contributed by atoms with van der Waals surface area (Å²) in [4.78, 5) is 23.4. The molecule has 3 aliphatic rings. The van der Waals surface area contributed by atoms with Gasteiger partial charge in [-0.25, -0.2) is 4.79 Å². The van der Waals surface area contributed by atoms with Crippen LogP contribution in [0, 0.1) is 16.7 Å². The van der Waals surface area contributed by atoms with Gasteiger partial charge in [0, 0.05) is 18.1 Å². The topological polar surface area (TPSA) is 52.6 Å². The standard InChI is InChI=1S/C17H24O4/c1-10(18)20-15-13-11(14(19)21-15)6-7-12-16(2,3)8-5-9-17(12,13)4/h12,15H,5-9H2,1-4H3/t12-,15+,17-/m0/s1. The number of hydrogen-bond acceptors (Lipinski definition) is 4. The summed E-state index contributed by atoms with van der Waals surface area (Å²) in [5, 5.41) is 0. The van der Waals surface area contributed by atoms with Crippen LogP contribution in [-0.2, 0) is 19.1 Å². The lowest BCUT2D eigenvalue weighted by Crippen LogP contribution is -2.47. The number of rotatable bonds is 1. The molecule has 0 spiro atoms. The van der Waals surface area contributed by atoms with Crippen LogP contribution < -0.4 is 0 Å². The van der Waals surface area contributed by atoms with E-state index in [1.807, 2.05) is 0 Å². The summed E-state index contributed by atoms with van der Waals surface area (Å²) in [7, 11) is 0. The van der Waals surface area contributed by atoms with Crippen molar-refractivity contribution in [2.24, 2.45) is 16.7 Å². The summed E-state index contributed by atoms with van der Waals surface area (Å²) in [6, 6.07) is 0. The van der Waals surface area contributed by atoms with Crippen molar-refractivity contribution >= 4 is 11.9 Å². The van der Waals surface area contributed by atoms with Crippen molar-refractivity contribution < 1.29 is 19.1 Å². The fourth-order valence-corrected chi connectivity index (χ4v) is 5.01. The first-order valence-corrected chi connectivity index (χ1v) is 7.87. The molecule has 4 heteroatoms. The Kier molecular flexibility index (Phi) is 3.19. The second-order valence-corrected chi connectivity index (χ2v) is 7.59. The zero-order valence-electron chi connectivity index (χ0n) is 13.3. The lowest BCUT2D eigenvalue weighted by atomic mass is 9.50. The first kappa shape index (κ1) is 14.6. The van der Waals surface area contributed by atoms with E-state index in [0.29, 0.717) is 5.92 Å². The Morgan fingerprint density at radius 3 is 2.67 bits per heavy atom. The Balaban J connectivity index is 2.04. The van der Waals surface area contributed by atoms with Crippen LogP contribution in [0.3, 0.4) is 0 Å². The molecule has 3 rings (SSSR count). The molecule has 0 radical (unpaired) electrons. The molecule has 0 amide bonds. The van der Waals surface area contributed by atoms with E-state index in [2.05, 4.69) is 20.8 Å². The van der Waals surface area contributed by atoms with Gasteiger partial charge in [-0.2, -0.15) is 0 Å². The van der Waals surface area contributed by atoms with Crippen LogP contribution in [0.25, 0.3) is 0 Å². The minimum Gasteiger partial charge on any atom is -0.421 e. The quantitative estimate of drug-likeness (QED) is 0.695. The molecule has 0 saturated heterocycles. The first-order chi connectivity index (χ1) is 9.75. The van der Waals surface area contributed by atoms with Gasteiger partial charge < -0.3 is 9.47 Å². The van der Waals surface area contributed by atoms with Crippen molar-refractivity contribution in [2.45, 2.75) is 66.1 Å². The normalized spacial score (nSPS) is 37.6. The first-order valence-electron chi connectivity index (χ1n) is 7.87. The lowest BCUT2D eigenvalue weighted by molar-refractivity contribution is -0.174. The summed E-state index contributed by atoms with van der Waals surface area (Å²) < 4.78 is 10.6. The number of esters is 2. The SMILES string of the molecule is CC(=O)O[C@@H]1OC(=O)C2=C1[C@@]1(C)CCCC(C)(C)[C@@H]1CC2. The summed E-state index contributed by atoms with van der Waals surface area (Å²) >= 11 is 0. The highest BCUT2D eigenvalue weighted by Gasteiger charge is 2.56. The molecule has 0 bridgehead atoms. The zero-order chi connectivity index (χ0) is 15.4. The molecule has 0 N–H and O–H groups in total. The maximum Gasteiger partial charge on any atom is 0.337 e. The van der Waals surface area contributed by atoms with E-state index in [1.165, 1.54) is 13.3 Å². The fraction of sp³-hybridized carbons (Fsp3) is 0.765. The van der Waals surface area contributed by atoms with Gasteiger partial charge >= 0.3 is 11.9 Å². The van der Waals surface area contributed by atoms with Crippen molar-refractivity contribution in [2.75, 3.05) is 0 Å². The van der Waals surface area contributed by atoms with Gasteiger partial charge in [-0.3, -0.25) is 4.79 Å². The monoisotopic (exact) mass is 292 g/mol. The van der Waals surface area contributed by atoms with Gasteiger partial charge in [-0.05, 0) is 42.4 Å². The lowest BCUT2D eigenvalue weighted by Gasteiger charge is -2.54. The molecule has 2 aliphatic carbocycles. The van der Waals surface area contributed by atoms with E-state index in [1.54, 1.807) is 0 Å². The third-order valence-corrected chi connectivity index (χ3v) is 5.82. The van der Waals surface area contributed by atoms with E-state index >= 15 is 0 Å². The van der Waals surface area contributed by atoms with Gasteiger partial charge in [0.05, 0.1) is 0 Å². The van der Waals surface area contributed by atoms with Crippen molar-refractivity contribution in [1.82, 2.24) is 0 Å². The second-order valence-electron chi connectivity index (χ2n) is 7.59. The van der Waals surface area contributed by atoms with Crippen molar-refractivity contribution in [1.29, 1.82) is 0 Å². The minimum atomic E-state index is -0.799. The van der Waals surface area contributed by atoms with Gasteiger partial charge in [-0.1, -0.05) is 27.2 Å². The van der Waals surface area contributed by atoms with Gasteiger partial charge in [0.2, 0.25) is 0 Å². The smallest absolute Gasteiger partial charge is 0.337 e. The van der Waals surface area contributed by atoms with Gasteiger partial charge in [0.15, 0.2) is 0 Å². The minimum absolute atomic E-state index is 0.0956. The fourth-order valence-electron chi connectivity index (χ4n) is 5.01. The molecule has 0 aromatic rings. The summed E-state index contributed by atoms with van der Waals surface area (Å²) in [6.45, 7) is 8.23. The number of hydrogen-bond donors (Lipinski definition) is 0. The second kappa shape index (κ2) is 4.59. The average molecular weight is 292 g/mol. The number of fused-ring (bicyclic) bond motifs is 2. The zero-order valence-corrected chi connectivity index (χ0v) is 13.3. The molecule has 1 aliphatic heterocycles. The summed E-state index contributed by atoms with van der Waals surface area (Å²) in [5.74, 6) is -0.188. The highest BCUT2D eigenvalue weighted by molar-refractivity contribution is 5.93. The van der Waals surface area contributed by atoms with E-state index in [-0.39, 0.29) is 16.8 Å². The molecule has 1 heterocycles. The van der Waals surface area contributed by atoms with Gasteiger partial charge in [0.1, 0.15) is 0 Å². The average Bonchev–Trinajstić information content (AvgIpc) is 2.65. The molecule has 21 heavy (non-hydrogen) atoms. The summed E-state index contributed by atoms with van der Waals surface area (Å²) in [6.07, 6.45) is 4.35. The Labute approximate surface area is 125 Å². The Hall–Kier alpha value is -1.32. The van der Waals surface area contributed by atoms with Crippen LogP contribution in [0.2, 0.25) is 0 Å². The van der Waals surface area contributed by atoms with Crippen LogP contribution in [0.15, 0.2) is 11.1 Å². The van der Waals surface area contributed by atoms with Crippen LogP contribution >= 0.6 is 0 Å². The number of carbonyl (C=O) groups excluding carboxylic acids is 2. The molecule has 4 nitrogen and oxygen atoms in total. The third kappa shape index (κ3) is 2.11. The van der Waals surface area contributed by atoms with Crippen LogP contribution in [0.4, 0.5) is 0 Å². The van der Waals surface area contributed by atoms with Crippen molar-refractivity contribution in [3.8, 4) is 0 Å². The molecule has 0 unspecified atom stereocenters. The molecule has 1 fully saturated rings. The highest BCUT2D eigenvalue weighted by Crippen LogP contribution is 2.61. The molecular weight excluding hydrogens is 268 g/mol. The predicted octanol–water partition coefficient (Wildman–Crippen LogP) is 3.36. The number of carbonyl (C=O) groups is 2. The predicted molar refractivity (Wildman–Crippen MR) is 77.1 cm³/mol. The highest BCUT2D eigenvalue weighted by atomic mass is 16.7. The molecule has 1 saturated carbocycles. The number of ether oxygens (including phenoxy) is 2. The summed E-state index contributed by atoms with van der Waals surface area (Å²) in [5.41, 5.74) is 1.86. The third-order valence-electron chi connectivity index (χ3n) is 5.82. The Morgan fingerprint density at radius 1 is 1.29 bits per heavy atom. The van der Waals surface area contributed by atoms with E-state index < -0.39 is 12.3 Å². The van der Waals surface area contributed by atoms with Crippen LogP contribution in [0.5, 0.6) is 0 Å². The molecule has 0 aromatic heterocycles. The van der Waals surface area contributed by atoms with Gasteiger partial charge in [-0.15, -0.1) is 0 Å². The van der Waals surface area contributed by atoms with E-state index in [4.69, 9.17) is 9.47 Å². The Bertz CT molecular complexity index is 531. The molecule has 0 aromatic carbocycles. The van der Waals surface area contributed by atoms with Crippen molar-refractivity contribution in [3.05, 3.63) is 11.1 Å². The van der Waals surface area contributed by atoms with E-state index in [9.17, 15) is 9.59 Å².